The second-order valence-corrected chi connectivity index (χ2v) is 4.05. The van der Waals surface area contributed by atoms with Gasteiger partial charge in [0, 0.05) is 12.8 Å². The van der Waals surface area contributed by atoms with Crippen molar-refractivity contribution in [1.82, 2.24) is 0 Å². The minimum Gasteiger partial charge on any atom is -0.481 e. The summed E-state index contributed by atoms with van der Waals surface area (Å²) >= 11 is 0. The molecular formula is C12H18O7. The number of hydrogen-bond acceptors (Lipinski definition) is 5. The van der Waals surface area contributed by atoms with Gasteiger partial charge < -0.3 is 14.9 Å². The first kappa shape index (κ1) is 17.1. The summed E-state index contributed by atoms with van der Waals surface area (Å²) in [5, 5.41) is 16.7. The van der Waals surface area contributed by atoms with E-state index in [2.05, 4.69) is 4.74 Å². The molecule has 0 rings (SSSR count). The standard InChI is InChI=1S/C12H18O7/c13-9(14)5-3-1-2-4-6-11(17)19-12(18)8-7-10(15)16/h1-8H2,(H,13,14)(H,15,16). The highest BCUT2D eigenvalue weighted by molar-refractivity contribution is 5.86. The second-order valence-electron chi connectivity index (χ2n) is 4.05. The fourth-order valence-electron chi connectivity index (χ4n) is 1.34. The van der Waals surface area contributed by atoms with Gasteiger partial charge in [0.25, 0.3) is 0 Å². The lowest BCUT2D eigenvalue weighted by atomic mass is 10.1. The minimum absolute atomic E-state index is 0.0753. The lowest BCUT2D eigenvalue weighted by Gasteiger charge is -2.02. The molecule has 7 heteroatoms. The van der Waals surface area contributed by atoms with Crippen molar-refractivity contribution in [3.05, 3.63) is 0 Å². The number of rotatable bonds is 10. The number of unbranched alkanes of at least 4 members (excludes halogenated alkanes) is 3. The van der Waals surface area contributed by atoms with E-state index in [1.54, 1.807) is 0 Å². The molecular weight excluding hydrogens is 256 g/mol. The molecule has 0 radical (unpaired) electrons. The van der Waals surface area contributed by atoms with Gasteiger partial charge in [-0.3, -0.25) is 19.2 Å². The van der Waals surface area contributed by atoms with Crippen molar-refractivity contribution in [3.8, 4) is 0 Å². The highest BCUT2D eigenvalue weighted by Crippen LogP contribution is 2.06. The maximum Gasteiger partial charge on any atom is 0.314 e. The Balaban J connectivity index is 3.51. The van der Waals surface area contributed by atoms with E-state index in [1.165, 1.54) is 0 Å². The Morgan fingerprint density at radius 3 is 1.63 bits per heavy atom. The number of carboxylic acids is 2. The largest absolute Gasteiger partial charge is 0.481 e. The van der Waals surface area contributed by atoms with Crippen LogP contribution in [0.3, 0.4) is 0 Å². The first-order valence-electron chi connectivity index (χ1n) is 6.09. The molecule has 0 saturated carbocycles. The molecule has 0 aromatic rings. The average Bonchev–Trinajstić information content (AvgIpc) is 2.30. The predicted octanol–water partition coefficient (Wildman–Crippen LogP) is 1.35. The van der Waals surface area contributed by atoms with Crippen LogP contribution < -0.4 is 0 Å². The molecule has 7 nitrogen and oxygen atoms in total. The topological polar surface area (TPSA) is 118 Å². The van der Waals surface area contributed by atoms with Gasteiger partial charge in [0.15, 0.2) is 0 Å². The monoisotopic (exact) mass is 274 g/mol. The lowest BCUT2D eigenvalue weighted by Crippen LogP contribution is -2.13. The maximum atomic E-state index is 11.2. The molecule has 2 N–H and O–H groups in total. The Morgan fingerprint density at radius 1 is 0.632 bits per heavy atom. The molecule has 0 aromatic heterocycles. The van der Waals surface area contributed by atoms with Gasteiger partial charge in [-0.2, -0.15) is 0 Å². The molecule has 0 aliphatic rings. The third kappa shape index (κ3) is 12.3. The Labute approximate surface area is 110 Å². The van der Waals surface area contributed by atoms with Crippen LogP contribution >= 0.6 is 0 Å². The van der Waals surface area contributed by atoms with E-state index in [0.29, 0.717) is 25.7 Å². The van der Waals surface area contributed by atoms with Crippen molar-refractivity contribution in [2.45, 2.75) is 51.4 Å². The zero-order valence-electron chi connectivity index (χ0n) is 10.6. The average molecular weight is 274 g/mol. The number of carbonyl (C=O) groups is 4. The number of carbonyl (C=O) groups excluding carboxylic acids is 2. The molecule has 0 spiro atoms. The SMILES string of the molecule is O=C(O)CCCCCCC(=O)OC(=O)CCC(=O)O. The van der Waals surface area contributed by atoms with E-state index in [9.17, 15) is 19.2 Å². The molecule has 0 aliphatic heterocycles. The molecule has 19 heavy (non-hydrogen) atoms. The smallest absolute Gasteiger partial charge is 0.314 e. The zero-order valence-corrected chi connectivity index (χ0v) is 10.6. The van der Waals surface area contributed by atoms with Crippen LogP contribution in [0.15, 0.2) is 0 Å². The van der Waals surface area contributed by atoms with Crippen LogP contribution in [0, 0.1) is 0 Å². The summed E-state index contributed by atoms with van der Waals surface area (Å²) in [7, 11) is 0. The number of aliphatic carboxylic acids is 2. The highest BCUT2D eigenvalue weighted by Gasteiger charge is 2.11. The van der Waals surface area contributed by atoms with Gasteiger partial charge in [-0.25, -0.2) is 0 Å². The quantitative estimate of drug-likeness (QED) is 0.350. The summed E-state index contributed by atoms with van der Waals surface area (Å²) in [6.07, 6.45) is 1.97. The predicted molar refractivity (Wildman–Crippen MR) is 63.3 cm³/mol. The van der Waals surface area contributed by atoms with E-state index < -0.39 is 23.9 Å². The van der Waals surface area contributed by atoms with Gasteiger partial charge in [0.05, 0.1) is 12.8 Å². The van der Waals surface area contributed by atoms with Crippen molar-refractivity contribution in [2.75, 3.05) is 0 Å². The Morgan fingerprint density at radius 2 is 1.11 bits per heavy atom. The Bertz CT molecular complexity index is 335. The fraction of sp³-hybridized carbons (Fsp3) is 0.667. The summed E-state index contributed by atoms with van der Waals surface area (Å²) < 4.78 is 4.41. The molecule has 0 fully saturated rings. The third-order valence-corrected chi connectivity index (χ3v) is 2.29. The summed E-state index contributed by atoms with van der Waals surface area (Å²) in [6.45, 7) is 0. The third-order valence-electron chi connectivity index (χ3n) is 2.29. The number of carboxylic acid groups (broad SMARTS) is 2. The van der Waals surface area contributed by atoms with Crippen molar-refractivity contribution in [2.24, 2.45) is 0 Å². The number of ether oxygens (including phenoxy) is 1. The van der Waals surface area contributed by atoms with Gasteiger partial charge >= 0.3 is 23.9 Å². The number of hydrogen-bond donors (Lipinski definition) is 2. The highest BCUT2D eigenvalue weighted by atomic mass is 16.6. The van der Waals surface area contributed by atoms with Crippen molar-refractivity contribution < 1.29 is 34.1 Å². The maximum absolute atomic E-state index is 11.2. The molecule has 0 bridgehead atoms. The van der Waals surface area contributed by atoms with Crippen LogP contribution in [-0.4, -0.2) is 34.1 Å². The van der Waals surface area contributed by atoms with Crippen LogP contribution in [0.2, 0.25) is 0 Å². The fourth-order valence-corrected chi connectivity index (χ4v) is 1.34. The molecule has 108 valence electrons. The molecule has 0 amide bonds. The Kier molecular flexibility index (Phi) is 9.03. The second kappa shape index (κ2) is 10.0. The van der Waals surface area contributed by atoms with Crippen LogP contribution in [0.4, 0.5) is 0 Å². The van der Waals surface area contributed by atoms with E-state index in [4.69, 9.17) is 10.2 Å². The van der Waals surface area contributed by atoms with Gasteiger partial charge in [-0.15, -0.1) is 0 Å². The summed E-state index contributed by atoms with van der Waals surface area (Å²) in [5.74, 6) is -3.47. The minimum atomic E-state index is -1.12. The first-order valence-corrected chi connectivity index (χ1v) is 6.09. The molecule has 0 unspecified atom stereocenters. The van der Waals surface area contributed by atoms with Gasteiger partial charge in [0.2, 0.25) is 0 Å². The van der Waals surface area contributed by atoms with Crippen molar-refractivity contribution >= 4 is 23.9 Å². The molecule has 0 heterocycles. The summed E-state index contributed by atoms with van der Waals surface area (Å²) in [5.41, 5.74) is 0. The summed E-state index contributed by atoms with van der Waals surface area (Å²) in [4.78, 5) is 42.5. The van der Waals surface area contributed by atoms with Crippen LogP contribution in [0.25, 0.3) is 0 Å². The van der Waals surface area contributed by atoms with Crippen molar-refractivity contribution in [3.63, 3.8) is 0 Å². The van der Waals surface area contributed by atoms with E-state index in [-0.39, 0.29) is 25.7 Å². The molecule has 0 aliphatic carbocycles. The van der Waals surface area contributed by atoms with Gasteiger partial charge in [-0.05, 0) is 12.8 Å². The van der Waals surface area contributed by atoms with E-state index in [1.807, 2.05) is 0 Å². The zero-order chi connectivity index (χ0) is 14.7. The lowest BCUT2D eigenvalue weighted by molar-refractivity contribution is -0.161. The van der Waals surface area contributed by atoms with E-state index in [0.717, 1.165) is 0 Å². The Hall–Kier alpha value is -1.92. The normalized spacial score (nSPS) is 9.89. The first-order chi connectivity index (χ1) is 8.91. The van der Waals surface area contributed by atoms with E-state index >= 15 is 0 Å². The van der Waals surface area contributed by atoms with Crippen LogP contribution in [0.5, 0.6) is 0 Å². The van der Waals surface area contributed by atoms with Gasteiger partial charge in [0.1, 0.15) is 0 Å². The van der Waals surface area contributed by atoms with Crippen molar-refractivity contribution in [1.29, 1.82) is 0 Å². The molecule has 0 saturated heterocycles. The number of esters is 2. The molecule has 0 atom stereocenters. The van der Waals surface area contributed by atoms with Crippen LogP contribution in [-0.2, 0) is 23.9 Å². The van der Waals surface area contributed by atoms with Crippen LogP contribution in [0.1, 0.15) is 51.4 Å². The summed E-state index contributed by atoms with van der Waals surface area (Å²) in [6, 6.07) is 0. The molecule has 0 aromatic carbocycles. The van der Waals surface area contributed by atoms with Gasteiger partial charge in [-0.1, -0.05) is 12.8 Å².